The van der Waals surface area contributed by atoms with E-state index in [0.717, 1.165) is 0 Å². The lowest BCUT2D eigenvalue weighted by Crippen LogP contribution is -2.59. The van der Waals surface area contributed by atoms with Crippen molar-refractivity contribution in [1.29, 1.82) is 0 Å². The average molecular weight is 581 g/mol. The summed E-state index contributed by atoms with van der Waals surface area (Å²) in [5.41, 5.74) is 27.7. The van der Waals surface area contributed by atoms with E-state index in [1.807, 2.05) is 6.92 Å². The van der Waals surface area contributed by atoms with Gasteiger partial charge in [0, 0.05) is 31.4 Å². The molecule has 15 N–H and O–H groups in total. The van der Waals surface area contributed by atoms with Gasteiger partial charge in [0.15, 0.2) is 11.9 Å². The number of carbonyl (C=O) groups excluding carboxylic acids is 3. The van der Waals surface area contributed by atoms with Gasteiger partial charge in [0.05, 0.1) is 12.4 Å². The highest BCUT2D eigenvalue weighted by molar-refractivity contribution is 5.94. The fourth-order valence-corrected chi connectivity index (χ4v) is 3.73. The van der Waals surface area contributed by atoms with Crippen molar-refractivity contribution in [2.24, 2.45) is 44.6 Å². The second-order valence-corrected chi connectivity index (χ2v) is 9.62. The average Bonchev–Trinajstić information content (AvgIpc) is 3.42. The van der Waals surface area contributed by atoms with Crippen LogP contribution in [0.25, 0.3) is 0 Å². The number of aliphatic imine (C=N–C) groups is 2. The number of carbonyl (C=O) groups is 4. The van der Waals surface area contributed by atoms with E-state index in [1.165, 1.54) is 12.5 Å². The molecule has 0 saturated carbocycles. The molecule has 0 saturated heterocycles. The lowest BCUT2D eigenvalue weighted by Gasteiger charge is -2.28. The number of carboxylic acids is 1. The number of hydrogen-bond acceptors (Lipinski definition) is 8. The maximum Gasteiger partial charge on any atom is 0.326 e. The van der Waals surface area contributed by atoms with Crippen molar-refractivity contribution >= 4 is 35.6 Å². The Morgan fingerprint density at radius 3 is 2.02 bits per heavy atom. The Kier molecular flexibility index (Phi) is 15.2. The first kappa shape index (κ1) is 34.6. The number of aromatic amines is 1. The van der Waals surface area contributed by atoms with Crippen LogP contribution in [-0.4, -0.2) is 87.9 Å². The van der Waals surface area contributed by atoms with Gasteiger partial charge in [-0.1, -0.05) is 20.3 Å². The number of hydrogen-bond donors (Lipinski definition) is 10. The zero-order valence-corrected chi connectivity index (χ0v) is 23.5. The summed E-state index contributed by atoms with van der Waals surface area (Å²) < 4.78 is 0. The second kappa shape index (κ2) is 18.0. The van der Waals surface area contributed by atoms with Crippen molar-refractivity contribution in [2.75, 3.05) is 13.1 Å². The molecule has 3 amide bonds. The molecule has 17 nitrogen and oxygen atoms in total. The van der Waals surface area contributed by atoms with Gasteiger partial charge < -0.3 is 54.7 Å². The number of nitrogens with zero attached hydrogens (tertiary/aromatic N) is 3. The molecule has 0 aliphatic carbocycles. The summed E-state index contributed by atoms with van der Waals surface area (Å²) in [6.07, 6.45) is 4.54. The number of H-pyrrole nitrogens is 1. The monoisotopic (exact) mass is 580 g/mol. The van der Waals surface area contributed by atoms with Gasteiger partial charge in [-0.05, 0) is 31.6 Å². The highest BCUT2D eigenvalue weighted by atomic mass is 16.4. The predicted octanol–water partition coefficient (Wildman–Crippen LogP) is -3.03. The van der Waals surface area contributed by atoms with E-state index in [2.05, 4.69) is 35.9 Å². The number of guanidine groups is 2. The van der Waals surface area contributed by atoms with Gasteiger partial charge in [0.2, 0.25) is 17.7 Å². The summed E-state index contributed by atoms with van der Waals surface area (Å²) in [5, 5.41) is 17.4. The van der Waals surface area contributed by atoms with Gasteiger partial charge in [-0.2, -0.15) is 0 Å². The minimum Gasteiger partial charge on any atom is -0.480 e. The number of carboxylic acid groups (broad SMARTS) is 1. The van der Waals surface area contributed by atoms with Crippen LogP contribution in [0.15, 0.2) is 22.5 Å². The molecule has 41 heavy (non-hydrogen) atoms. The number of aliphatic carboxylic acids is 1. The molecule has 0 bridgehead atoms. The summed E-state index contributed by atoms with van der Waals surface area (Å²) in [5.74, 6) is -3.70. The molecule has 230 valence electrons. The third-order valence-corrected chi connectivity index (χ3v) is 6.27. The Bertz CT molecular complexity index is 1040. The van der Waals surface area contributed by atoms with E-state index in [0.29, 0.717) is 31.5 Å². The largest absolute Gasteiger partial charge is 0.480 e. The molecular weight excluding hydrogens is 536 g/mol. The van der Waals surface area contributed by atoms with Crippen LogP contribution in [0.1, 0.15) is 51.6 Å². The quantitative estimate of drug-likeness (QED) is 0.0445. The lowest BCUT2D eigenvalue weighted by molar-refractivity contribution is -0.143. The molecule has 5 unspecified atom stereocenters. The molecule has 1 aromatic rings. The lowest BCUT2D eigenvalue weighted by atomic mass is 9.96. The molecule has 1 aromatic heterocycles. The molecule has 1 heterocycles. The van der Waals surface area contributed by atoms with Crippen molar-refractivity contribution in [3.8, 4) is 0 Å². The molecule has 0 fully saturated rings. The number of imidazole rings is 1. The third kappa shape index (κ3) is 13.5. The van der Waals surface area contributed by atoms with Crippen molar-refractivity contribution in [3.63, 3.8) is 0 Å². The number of nitrogens with one attached hydrogen (secondary N) is 4. The smallest absolute Gasteiger partial charge is 0.326 e. The fourth-order valence-electron chi connectivity index (χ4n) is 3.73. The zero-order chi connectivity index (χ0) is 30.9. The minimum absolute atomic E-state index is 0.0374. The number of rotatable bonds is 19. The van der Waals surface area contributed by atoms with Gasteiger partial charge in [-0.25, -0.2) is 9.78 Å². The summed E-state index contributed by atoms with van der Waals surface area (Å²) in [6, 6.07) is -4.36. The zero-order valence-electron chi connectivity index (χ0n) is 23.5. The first-order valence-electron chi connectivity index (χ1n) is 13.3. The Morgan fingerprint density at radius 2 is 1.51 bits per heavy atom. The highest BCUT2D eigenvalue weighted by Gasteiger charge is 2.33. The Hall–Kier alpha value is -4.41. The standard InChI is InChI=1S/C24H44N12O5/c1-3-13(2)18(21(39)34-16(22(40)41)7-5-9-32-24(28)29)36-20(38)17(10-14-11-30-12-33-14)35-19(37)15(25)6-4-8-31-23(26)27/h11-13,15-18H,3-10,25H2,1-2H3,(H,30,33)(H,34,39)(H,35,37)(H,36,38)(H,40,41)(H4,26,27,31)(H4,28,29,32). The molecular formula is C24H44N12O5. The van der Waals surface area contributed by atoms with E-state index in [9.17, 15) is 24.3 Å². The van der Waals surface area contributed by atoms with E-state index < -0.39 is 47.9 Å². The molecule has 0 aliphatic heterocycles. The van der Waals surface area contributed by atoms with Gasteiger partial charge in [0.25, 0.3) is 0 Å². The van der Waals surface area contributed by atoms with E-state index in [4.69, 9.17) is 28.7 Å². The maximum atomic E-state index is 13.4. The first-order chi connectivity index (χ1) is 19.3. The van der Waals surface area contributed by atoms with Crippen molar-refractivity contribution in [1.82, 2.24) is 25.9 Å². The van der Waals surface area contributed by atoms with Crippen LogP contribution >= 0.6 is 0 Å². The van der Waals surface area contributed by atoms with Crippen molar-refractivity contribution < 1.29 is 24.3 Å². The molecule has 5 atom stereocenters. The Labute approximate surface area is 238 Å². The summed E-state index contributed by atoms with van der Waals surface area (Å²) in [4.78, 5) is 65.7. The van der Waals surface area contributed by atoms with Gasteiger partial charge in [-0.3, -0.25) is 24.4 Å². The van der Waals surface area contributed by atoms with E-state index in [-0.39, 0.29) is 43.6 Å². The Morgan fingerprint density at radius 1 is 0.927 bits per heavy atom. The van der Waals surface area contributed by atoms with Crippen LogP contribution in [0.5, 0.6) is 0 Å². The number of nitrogens with two attached hydrogens (primary N) is 5. The normalized spacial score (nSPS) is 14.4. The highest BCUT2D eigenvalue weighted by Crippen LogP contribution is 2.11. The molecule has 0 radical (unpaired) electrons. The van der Waals surface area contributed by atoms with E-state index >= 15 is 0 Å². The molecule has 0 aliphatic rings. The first-order valence-corrected chi connectivity index (χ1v) is 13.3. The van der Waals surface area contributed by atoms with Gasteiger partial charge >= 0.3 is 5.97 Å². The Balaban J connectivity index is 3.00. The SMILES string of the molecule is CCC(C)C(NC(=O)C(Cc1cnc[nH]1)NC(=O)C(N)CCCN=C(N)N)C(=O)NC(CCCN=C(N)N)C(=O)O. The summed E-state index contributed by atoms with van der Waals surface area (Å²) in [6.45, 7) is 4.05. The predicted molar refractivity (Wildman–Crippen MR) is 153 cm³/mol. The molecule has 0 aromatic carbocycles. The molecule has 0 spiro atoms. The van der Waals surface area contributed by atoms with Crippen molar-refractivity contribution in [3.05, 3.63) is 18.2 Å². The number of amides is 3. The van der Waals surface area contributed by atoms with Crippen LogP contribution < -0.4 is 44.6 Å². The van der Waals surface area contributed by atoms with Crippen LogP contribution in [0.4, 0.5) is 0 Å². The van der Waals surface area contributed by atoms with Crippen LogP contribution in [0, 0.1) is 5.92 Å². The topological polar surface area (TPSA) is 308 Å². The molecule has 17 heteroatoms. The second-order valence-electron chi connectivity index (χ2n) is 9.62. The summed E-state index contributed by atoms with van der Waals surface area (Å²) >= 11 is 0. The summed E-state index contributed by atoms with van der Waals surface area (Å²) in [7, 11) is 0. The van der Waals surface area contributed by atoms with Crippen LogP contribution in [0.3, 0.4) is 0 Å². The maximum absolute atomic E-state index is 13.4. The van der Waals surface area contributed by atoms with Crippen molar-refractivity contribution in [2.45, 2.75) is 76.5 Å². The van der Waals surface area contributed by atoms with Gasteiger partial charge in [-0.15, -0.1) is 0 Å². The minimum atomic E-state index is -1.24. The van der Waals surface area contributed by atoms with Crippen LogP contribution in [-0.2, 0) is 25.6 Å². The number of aromatic nitrogens is 2. The van der Waals surface area contributed by atoms with E-state index in [1.54, 1.807) is 6.92 Å². The van der Waals surface area contributed by atoms with Crippen LogP contribution in [0.2, 0.25) is 0 Å². The third-order valence-electron chi connectivity index (χ3n) is 6.27. The van der Waals surface area contributed by atoms with Gasteiger partial charge in [0.1, 0.15) is 18.1 Å². The fraction of sp³-hybridized carbons (Fsp3) is 0.625. The molecule has 1 rings (SSSR count).